The van der Waals surface area contributed by atoms with Crippen molar-refractivity contribution in [2.24, 2.45) is 0 Å². The quantitative estimate of drug-likeness (QED) is 0.395. The Morgan fingerprint density at radius 3 is 2.50 bits per heavy atom. The topological polar surface area (TPSA) is 99.7 Å². The van der Waals surface area contributed by atoms with Crippen molar-refractivity contribution in [2.45, 2.75) is 13.1 Å². The fourth-order valence-electron chi connectivity index (χ4n) is 2.74. The molecule has 2 aromatic heterocycles. The number of halogens is 3. The maximum atomic E-state index is 13.1. The third-order valence-corrected chi connectivity index (χ3v) is 5.13. The summed E-state index contributed by atoms with van der Waals surface area (Å²) in [7, 11) is 1.64. The zero-order valence-electron chi connectivity index (χ0n) is 16.2. The smallest absolute Gasteiger partial charge is 0.391 e. The van der Waals surface area contributed by atoms with Gasteiger partial charge in [0.25, 0.3) is 0 Å². The molecule has 6 nitrogen and oxygen atoms in total. The number of nitrogens with one attached hydrogen (secondary N) is 3. The van der Waals surface area contributed by atoms with Crippen molar-refractivity contribution in [2.75, 3.05) is 23.4 Å². The van der Waals surface area contributed by atoms with Gasteiger partial charge >= 0.3 is 6.18 Å². The van der Waals surface area contributed by atoms with Crippen molar-refractivity contribution < 1.29 is 13.2 Å². The Balaban J connectivity index is 2.11. The van der Waals surface area contributed by atoms with E-state index in [1.807, 2.05) is 0 Å². The molecule has 0 amide bonds. The molecule has 1 aromatic carbocycles. The molecule has 0 spiro atoms. The lowest BCUT2D eigenvalue weighted by atomic mass is 10.1. The van der Waals surface area contributed by atoms with Gasteiger partial charge in [0.15, 0.2) is 11.6 Å². The van der Waals surface area contributed by atoms with E-state index in [1.165, 1.54) is 30.4 Å². The van der Waals surface area contributed by atoms with Crippen LogP contribution in [0.2, 0.25) is 0 Å². The second kappa shape index (κ2) is 8.15. The van der Waals surface area contributed by atoms with Crippen LogP contribution in [0.5, 0.6) is 0 Å². The van der Waals surface area contributed by atoms with E-state index in [0.717, 1.165) is 17.0 Å². The normalized spacial score (nSPS) is 11.2. The summed E-state index contributed by atoms with van der Waals surface area (Å²) in [6.45, 7) is 5.52. The third-order valence-electron chi connectivity index (χ3n) is 4.16. The van der Waals surface area contributed by atoms with Crippen LogP contribution in [0.15, 0.2) is 43.0 Å². The van der Waals surface area contributed by atoms with Crippen LogP contribution in [-0.2, 0) is 6.18 Å². The van der Waals surface area contributed by atoms with E-state index in [4.69, 9.17) is 11.1 Å². The summed E-state index contributed by atoms with van der Waals surface area (Å²) >= 11 is 1.33. The average Bonchev–Trinajstić information content (AvgIpc) is 3.13. The number of rotatable bonds is 6. The molecule has 2 heterocycles. The lowest BCUT2D eigenvalue weighted by molar-refractivity contribution is -0.137. The van der Waals surface area contributed by atoms with E-state index in [9.17, 15) is 13.2 Å². The molecule has 0 radical (unpaired) electrons. The number of alkyl halides is 3. The highest BCUT2D eigenvalue weighted by atomic mass is 32.1. The first-order valence-electron chi connectivity index (χ1n) is 8.74. The monoisotopic (exact) mass is 432 g/mol. The Morgan fingerprint density at radius 2 is 1.93 bits per heavy atom. The number of nitrogens with two attached hydrogens (primary N) is 1. The number of benzene rings is 1. The first-order valence-corrected chi connectivity index (χ1v) is 9.56. The van der Waals surface area contributed by atoms with Gasteiger partial charge in [0.05, 0.1) is 21.2 Å². The molecule has 5 N–H and O–H groups in total. The lowest BCUT2D eigenvalue weighted by Gasteiger charge is -2.17. The third kappa shape index (κ3) is 4.43. The lowest BCUT2D eigenvalue weighted by Crippen LogP contribution is -2.12. The molecule has 0 saturated carbocycles. The number of thiophene rings is 1. The van der Waals surface area contributed by atoms with Gasteiger partial charge < -0.3 is 21.8 Å². The van der Waals surface area contributed by atoms with Crippen molar-refractivity contribution in [3.05, 3.63) is 59.1 Å². The number of aromatic nitrogens is 2. The SMILES string of the molecule is C=C(Nc1nc(-c2cccc(C(F)(F)F)c2)nc(C(C)=N)c1NC)c1ccc(N)s1. The first-order chi connectivity index (χ1) is 14.1. The molecule has 0 bridgehead atoms. The van der Waals surface area contributed by atoms with Crippen LogP contribution in [-0.4, -0.2) is 22.7 Å². The zero-order valence-corrected chi connectivity index (χ0v) is 17.0. The molecule has 3 aromatic rings. The molecule has 10 heteroatoms. The van der Waals surface area contributed by atoms with Crippen LogP contribution in [0.4, 0.5) is 29.7 Å². The van der Waals surface area contributed by atoms with Crippen LogP contribution in [0.3, 0.4) is 0 Å². The van der Waals surface area contributed by atoms with Crippen LogP contribution in [0.1, 0.15) is 23.1 Å². The van der Waals surface area contributed by atoms with Gasteiger partial charge in [-0.3, -0.25) is 0 Å². The van der Waals surface area contributed by atoms with Crippen molar-refractivity contribution in [3.8, 4) is 11.4 Å². The predicted octanol–water partition coefficient (Wildman–Crippen LogP) is 5.32. The minimum atomic E-state index is -4.49. The number of nitrogen functional groups attached to an aromatic ring is 1. The highest BCUT2D eigenvalue weighted by Crippen LogP contribution is 2.34. The van der Waals surface area contributed by atoms with Gasteiger partial charge in [-0.1, -0.05) is 18.7 Å². The van der Waals surface area contributed by atoms with Gasteiger partial charge in [-0.2, -0.15) is 13.2 Å². The Hall–Kier alpha value is -3.40. The maximum Gasteiger partial charge on any atom is 0.416 e. The molecular formula is C20H19F3N6S. The van der Waals surface area contributed by atoms with E-state index in [2.05, 4.69) is 27.2 Å². The number of anilines is 3. The molecule has 0 saturated heterocycles. The van der Waals surface area contributed by atoms with Crippen LogP contribution < -0.4 is 16.4 Å². The molecule has 0 unspecified atom stereocenters. The Labute approximate surface area is 175 Å². The van der Waals surface area contributed by atoms with Gasteiger partial charge in [0, 0.05) is 18.3 Å². The van der Waals surface area contributed by atoms with Gasteiger partial charge in [-0.15, -0.1) is 11.3 Å². The highest BCUT2D eigenvalue weighted by Gasteiger charge is 2.31. The van der Waals surface area contributed by atoms with Crippen LogP contribution >= 0.6 is 11.3 Å². The number of nitrogens with zero attached hydrogens (tertiary/aromatic N) is 2. The minimum Gasteiger partial charge on any atom is -0.391 e. The zero-order chi connectivity index (χ0) is 22.1. The van der Waals surface area contributed by atoms with E-state index < -0.39 is 11.7 Å². The van der Waals surface area contributed by atoms with Gasteiger partial charge in [-0.25, -0.2) is 9.97 Å². The first kappa shape index (κ1) is 21.3. The second-order valence-electron chi connectivity index (χ2n) is 6.38. The molecular weight excluding hydrogens is 413 g/mol. The summed E-state index contributed by atoms with van der Waals surface area (Å²) in [4.78, 5) is 9.52. The number of hydrogen-bond acceptors (Lipinski definition) is 7. The van der Waals surface area contributed by atoms with Crippen molar-refractivity contribution in [3.63, 3.8) is 0 Å². The summed E-state index contributed by atoms with van der Waals surface area (Å²) in [5.74, 6) is 0.348. The molecule has 0 atom stereocenters. The molecule has 0 fully saturated rings. The fraction of sp³-hybridized carbons (Fsp3) is 0.150. The summed E-state index contributed by atoms with van der Waals surface area (Å²) in [6.07, 6.45) is -4.49. The predicted molar refractivity (Wildman–Crippen MR) is 116 cm³/mol. The Kier molecular flexibility index (Phi) is 5.79. The van der Waals surface area contributed by atoms with Gasteiger partial charge in [0.1, 0.15) is 11.4 Å². The van der Waals surface area contributed by atoms with E-state index in [1.54, 1.807) is 19.2 Å². The van der Waals surface area contributed by atoms with Crippen LogP contribution in [0.25, 0.3) is 17.1 Å². The summed E-state index contributed by atoms with van der Waals surface area (Å²) in [5, 5.41) is 14.7. The average molecular weight is 432 g/mol. The van der Waals surface area contributed by atoms with E-state index in [0.29, 0.717) is 22.2 Å². The highest BCUT2D eigenvalue weighted by molar-refractivity contribution is 7.16. The second-order valence-corrected chi connectivity index (χ2v) is 7.49. The molecule has 0 aliphatic rings. The molecule has 0 aliphatic carbocycles. The Bertz CT molecular complexity index is 1120. The minimum absolute atomic E-state index is 0.0580. The molecule has 30 heavy (non-hydrogen) atoms. The summed E-state index contributed by atoms with van der Waals surface area (Å²) in [6, 6.07) is 8.29. The van der Waals surface area contributed by atoms with E-state index >= 15 is 0 Å². The maximum absolute atomic E-state index is 13.1. The van der Waals surface area contributed by atoms with Gasteiger partial charge in [0.2, 0.25) is 0 Å². The Morgan fingerprint density at radius 1 is 1.20 bits per heavy atom. The summed E-state index contributed by atoms with van der Waals surface area (Å²) in [5.41, 5.74) is 6.49. The standard InChI is InChI=1S/C20H19F3N6S/c1-10(24)16-17(26-3)19(27-11(2)14-7-8-15(25)30-14)29-18(28-16)12-5-4-6-13(9-12)20(21,22)23/h4-9,24,26H,2,25H2,1,3H3,(H,27,28,29). The van der Waals surface area contributed by atoms with Crippen molar-refractivity contribution in [1.29, 1.82) is 5.41 Å². The summed E-state index contributed by atoms with van der Waals surface area (Å²) < 4.78 is 39.4. The molecule has 156 valence electrons. The van der Waals surface area contributed by atoms with Crippen molar-refractivity contribution in [1.82, 2.24) is 9.97 Å². The van der Waals surface area contributed by atoms with Crippen LogP contribution in [0, 0.1) is 5.41 Å². The molecule has 3 rings (SSSR count). The largest absolute Gasteiger partial charge is 0.416 e. The van der Waals surface area contributed by atoms with Crippen molar-refractivity contribution >= 4 is 39.3 Å². The molecule has 0 aliphatic heterocycles. The van der Waals surface area contributed by atoms with E-state index in [-0.39, 0.29) is 22.8 Å². The number of hydrogen-bond donors (Lipinski definition) is 4. The fourth-order valence-corrected chi connectivity index (χ4v) is 3.44. The van der Waals surface area contributed by atoms with Gasteiger partial charge in [-0.05, 0) is 31.2 Å².